The van der Waals surface area contributed by atoms with Gasteiger partial charge in [-0.15, -0.1) is 6.42 Å². The monoisotopic (exact) mass is 211 g/mol. The molecule has 1 heterocycles. The molecular formula is C10H13NO4. The van der Waals surface area contributed by atoms with Crippen LogP contribution >= 0.6 is 0 Å². The smallest absolute Gasteiger partial charge is 0.329 e. The highest BCUT2D eigenvalue weighted by molar-refractivity contribution is 5.92. The van der Waals surface area contributed by atoms with E-state index in [1.807, 2.05) is 0 Å². The molecule has 15 heavy (non-hydrogen) atoms. The van der Waals surface area contributed by atoms with Crippen LogP contribution in [0.1, 0.15) is 12.8 Å². The predicted molar refractivity (Wildman–Crippen MR) is 52.0 cm³/mol. The number of hydrogen-bond donors (Lipinski definition) is 1. The molecule has 0 aromatic heterocycles. The van der Waals surface area contributed by atoms with E-state index in [9.17, 15) is 9.59 Å². The van der Waals surface area contributed by atoms with E-state index in [0.29, 0.717) is 25.9 Å². The highest BCUT2D eigenvalue weighted by atomic mass is 16.5. The summed E-state index contributed by atoms with van der Waals surface area (Å²) in [5.41, 5.74) is 0. The maximum atomic E-state index is 11.1. The number of hydrogen-bond acceptors (Lipinski definition) is 3. The number of terminal acetylenes is 1. The molecule has 0 radical (unpaired) electrons. The summed E-state index contributed by atoms with van der Waals surface area (Å²) in [6, 6.07) is 0. The van der Waals surface area contributed by atoms with Crippen molar-refractivity contribution in [1.82, 2.24) is 4.90 Å². The SMILES string of the molecule is C#CC(=O)N1CCC(OCC(=O)O)CC1. The van der Waals surface area contributed by atoms with E-state index < -0.39 is 5.97 Å². The van der Waals surface area contributed by atoms with Gasteiger partial charge in [0.15, 0.2) is 0 Å². The fourth-order valence-electron chi connectivity index (χ4n) is 1.51. The van der Waals surface area contributed by atoms with Crippen LogP contribution in [0.25, 0.3) is 0 Å². The zero-order valence-electron chi connectivity index (χ0n) is 8.31. The third-order valence-electron chi connectivity index (χ3n) is 2.30. The summed E-state index contributed by atoms with van der Waals surface area (Å²) in [5, 5.41) is 8.41. The van der Waals surface area contributed by atoms with Crippen LogP contribution in [-0.4, -0.2) is 47.7 Å². The number of aliphatic carboxylic acids is 1. The number of likely N-dealkylation sites (tertiary alicyclic amines) is 1. The van der Waals surface area contributed by atoms with Gasteiger partial charge in [-0.1, -0.05) is 0 Å². The Morgan fingerprint density at radius 2 is 2.07 bits per heavy atom. The molecule has 1 N–H and O–H groups in total. The quantitative estimate of drug-likeness (QED) is 0.651. The van der Waals surface area contributed by atoms with E-state index >= 15 is 0 Å². The Kier molecular flexibility index (Phi) is 4.13. The lowest BCUT2D eigenvalue weighted by atomic mass is 10.1. The van der Waals surface area contributed by atoms with Crippen molar-refractivity contribution in [2.75, 3.05) is 19.7 Å². The molecular weight excluding hydrogens is 198 g/mol. The first-order valence-electron chi connectivity index (χ1n) is 4.72. The van der Waals surface area contributed by atoms with Crippen LogP contribution in [0.3, 0.4) is 0 Å². The predicted octanol–water partition coefficient (Wildman–Crippen LogP) is -0.288. The zero-order valence-corrected chi connectivity index (χ0v) is 8.31. The zero-order chi connectivity index (χ0) is 11.3. The highest BCUT2D eigenvalue weighted by Gasteiger charge is 2.22. The second-order valence-corrected chi connectivity index (χ2v) is 3.34. The summed E-state index contributed by atoms with van der Waals surface area (Å²) in [4.78, 5) is 22.9. The number of carboxylic acid groups (broad SMARTS) is 1. The molecule has 0 saturated carbocycles. The van der Waals surface area contributed by atoms with Gasteiger partial charge in [0.2, 0.25) is 0 Å². The molecule has 1 rings (SSSR count). The van der Waals surface area contributed by atoms with Gasteiger partial charge >= 0.3 is 5.97 Å². The molecule has 5 nitrogen and oxygen atoms in total. The third-order valence-corrected chi connectivity index (χ3v) is 2.30. The van der Waals surface area contributed by atoms with Gasteiger partial charge in [0.25, 0.3) is 5.91 Å². The molecule has 0 spiro atoms. The molecule has 0 bridgehead atoms. The van der Waals surface area contributed by atoms with Crippen LogP contribution in [0.5, 0.6) is 0 Å². The molecule has 5 heteroatoms. The number of rotatable bonds is 3. The Morgan fingerprint density at radius 1 is 1.47 bits per heavy atom. The van der Waals surface area contributed by atoms with Crippen molar-refractivity contribution < 1.29 is 19.4 Å². The van der Waals surface area contributed by atoms with Crippen molar-refractivity contribution in [2.45, 2.75) is 18.9 Å². The Labute approximate surface area is 88.0 Å². The molecule has 0 aromatic rings. The average Bonchev–Trinajstić information content (AvgIpc) is 2.26. The lowest BCUT2D eigenvalue weighted by Gasteiger charge is -2.30. The number of carbonyl (C=O) groups is 2. The van der Waals surface area contributed by atoms with E-state index in [2.05, 4.69) is 5.92 Å². The van der Waals surface area contributed by atoms with Crippen molar-refractivity contribution in [3.05, 3.63) is 0 Å². The standard InChI is InChI=1S/C10H13NO4/c1-2-9(12)11-5-3-8(4-6-11)15-7-10(13)14/h1,8H,3-7H2,(H,13,14). The molecule has 0 atom stereocenters. The summed E-state index contributed by atoms with van der Waals surface area (Å²) < 4.78 is 5.12. The van der Waals surface area contributed by atoms with Gasteiger partial charge in [-0.05, 0) is 18.8 Å². The van der Waals surface area contributed by atoms with Crippen molar-refractivity contribution >= 4 is 11.9 Å². The summed E-state index contributed by atoms with van der Waals surface area (Å²) in [7, 11) is 0. The molecule has 1 fully saturated rings. The van der Waals surface area contributed by atoms with Crippen LogP contribution in [0.2, 0.25) is 0 Å². The molecule has 0 aromatic carbocycles. The maximum Gasteiger partial charge on any atom is 0.329 e. The third kappa shape index (κ3) is 3.60. The van der Waals surface area contributed by atoms with Crippen molar-refractivity contribution in [2.24, 2.45) is 0 Å². The van der Waals surface area contributed by atoms with Crippen LogP contribution in [0, 0.1) is 12.3 Å². The lowest BCUT2D eigenvalue weighted by Crippen LogP contribution is -2.40. The summed E-state index contributed by atoms with van der Waals surface area (Å²) >= 11 is 0. The Morgan fingerprint density at radius 3 is 2.53 bits per heavy atom. The number of amides is 1. The van der Waals surface area contributed by atoms with Gasteiger partial charge in [-0.2, -0.15) is 0 Å². The average molecular weight is 211 g/mol. The van der Waals surface area contributed by atoms with E-state index in [-0.39, 0.29) is 18.6 Å². The summed E-state index contributed by atoms with van der Waals surface area (Å²) in [5.74, 6) is 0.764. The minimum absolute atomic E-state index is 0.0806. The Bertz CT molecular complexity index is 286. The highest BCUT2D eigenvalue weighted by Crippen LogP contribution is 2.13. The first-order chi connectivity index (χ1) is 7.13. The number of nitrogens with zero attached hydrogens (tertiary/aromatic N) is 1. The molecule has 1 amide bonds. The first-order valence-corrected chi connectivity index (χ1v) is 4.72. The number of ether oxygens (including phenoxy) is 1. The molecule has 0 aliphatic carbocycles. The van der Waals surface area contributed by atoms with Crippen molar-refractivity contribution in [3.63, 3.8) is 0 Å². The van der Waals surface area contributed by atoms with E-state index in [0.717, 1.165) is 0 Å². The largest absolute Gasteiger partial charge is 0.480 e. The normalized spacial score (nSPS) is 17.1. The van der Waals surface area contributed by atoms with Crippen LogP contribution in [0.4, 0.5) is 0 Å². The maximum absolute atomic E-state index is 11.1. The van der Waals surface area contributed by atoms with Gasteiger partial charge in [-0.25, -0.2) is 4.79 Å². The van der Waals surface area contributed by atoms with Crippen LogP contribution in [0.15, 0.2) is 0 Å². The Balaban J connectivity index is 2.27. The fourth-order valence-corrected chi connectivity index (χ4v) is 1.51. The summed E-state index contributed by atoms with van der Waals surface area (Å²) in [6.45, 7) is 0.786. The minimum atomic E-state index is -0.975. The van der Waals surface area contributed by atoms with Crippen molar-refractivity contribution in [3.8, 4) is 12.3 Å². The minimum Gasteiger partial charge on any atom is -0.480 e. The molecule has 82 valence electrons. The lowest BCUT2D eigenvalue weighted by molar-refractivity contribution is -0.146. The second kappa shape index (κ2) is 5.37. The van der Waals surface area contributed by atoms with Gasteiger partial charge in [0, 0.05) is 13.1 Å². The molecule has 1 aliphatic heterocycles. The fraction of sp³-hybridized carbons (Fsp3) is 0.600. The molecule has 1 saturated heterocycles. The molecule has 0 unspecified atom stereocenters. The van der Waals surface area contributed by atoms with Crippen LogP contribution in [-0.2, 0) is 14.3 Å². The second-order valence-electron chi connectivity index (χ2n) is 3.34. The Hall–Kier alpha value is -1.54. The van der Waals surface area contributed by atoms with Gasteiger partial charge in [0.1, 0.15) is 6.61 Å². The van der Waals surface area contributed by atoms with Gasteiger partial charge in [0.05, 0.1) is 6.10 Å². The van der Waals surface area contributed by atoms with E-state index in [1.165, 1.54) is 0 Å². The number of piperidine rings is 1. The summed E-state index contributed by atoms with van der Waals surface area (Å²) in [6.07, 6.45) is 6.18. The van der Waals surface area contributed by atoms with E-state index in [4.69, 9.17) is 16.3 Å². The number of carboxylic acids is 1. The first kappa shape index (κ1) is 11.5. The van der Waals surface area contributed by atoms with Crippen LogP contribution < -0.4 is 0 Å². The number of carbonyl (C=O) groups excluding carboxylic acids is 1. The van der Waals surface area contributed by atoms with Gasteiger partial charge < -0.3 is 14.7 Å². The van der Waals surface area contributed by atoms with Crippen molar-refractivity contribution in [1.29, 1.82) is 0 Å². The molecule has 1 aliphatic rings. The topological polar surface area (TPSA) is 66.8 Å². The van der Waals surface area contributed by atoms with Gasteiger partial charge in [-0.3, -0.25) is 4.79 Å². The van der Waals surface area contributed by atoms with E-state index in [1.54, 1.807) is 4.90 Å².